The molecule has 0 bridgehead atoms. The third-order valence-corrected chi connectivity index (χ3v) is 4.21. The molecule has 1 unspecified atom stereocenters. The van der Waals surface area contributed by atoms with Crippen molar-refractivity contribution in [2.75, 3.05) is 20.3 Å². The van der Waals surface area contributed by atoms with E-state index in [2.05, 4.69) is 38.2 Å². The number of methoxy groups -OCH3 is 1. The predicted octanol–water partition coefficient (Wildman–Crippen LogP) is 3.14. The molecule has 0 heterocycles. The molecule has 3 heteroatoms. The standard InChI is InChI=1S/C16H27NO2/c1-5-16(6-2,12-18)11-17-13(3)14-8-7-9-15(10-14)19-4/h7-10,13,17-18H,5-6,11-12H2,1-4H3. The maximum atomic E-state index is 9.58. The number of nitrogens with one attached hydrogen (secondary N) is 1. The second-order valence-electron chi connectivity index (χ2n) is 5.24. The van der Waals surface area contributed by atoms with Crippen molar-refractivity contribution in [1.29, 1.82) is 0 Å². The van der Waals surface area contributed by atoms with Crippen LogP contribution < -0.4 is 10.1 Å². The lowest BCUT2D eigenvalue weighted by Gasteiger charge is -2.31. The minimum atomic E-state index is -0.00682. The lowest BCUT2D eigenvalue weighted by molar-refractivity contribution is 0.110. The molecule has 0 fully saturated rings. The van der Waals surface area contributed by atoms with Gasteiger partial charge in [-0.1, -0.05) is 26.0 Å². The molecule has 0 aliphatic rings. The van der Waals surface area contributed by atoms with Gasteiger partial charge in [0.25, 0.3) is 0 Å². The molecule has 0 saturated heterocycles. The Kier molecular flexibility index (Phi) is 6.32. The minimum absolute atomic E-state index is 0.00682. The van der Waals surface area contributed by atoms with Crippen LogP contribution in [-0.4, -0.2) is 25.4 Å². The van der Waals surface area contributed by atoms with E-state index in [-0.39, 0.29) is 18.1 Å². The molecule has 0 aliphatic heterocycles. The van der Waals surface area contributed by atoms with E-state index in [1.54, 1.807) is 7.11 Å². The van der Waals surface area contributed by atoms with Gasteiger partial charge in [-0.25, -0.2) is 0 Å². The SMILES string of the molecule is CCC(CC)(CO)CNC(C)c1cccc(OC)c1. The number of hydrogen-bond donors (Lipinski definition) is 2. The topological polar surface area (TPSA) is 41.5 Å². The van der Waals surface area contributed by atoms with Crippen LogP contribution in [0.4, 0.5) is 0 Å². The highest BCUT2D eigenvalue weighted by Gasteiger charge is 2.25. The van der Waals surface area contributed by atoms with Crippen molar-refractivity contribution in [3.05, 3.63) is 29.8 Å². The molecule has 108 valence electrons. The van der Waals surface area contributed by atoms with E-state index >= 15 is 0 Å². The first-order chi connectivity index (χ1) is 9.10. The summed E-state index contributed by atoms with van der Waals surface area (Å²) in [7, 11) is 1.68. The van der Waals surface area contributed by atoms with E-state index in [1.165, 1.54) is 5.56 Å². The summed E-state index contributed by atoms with van der Waals surface area (Å²) in [6.45, 7) is 7.48. The number of hydrogen-bond acceptors (Lipinski definition) is 3. The average molecular weight is 265 g/mol. The van der Waals surface area contributed by atoms with Crippen molar-refractivity contribution in [1.82, 2.24) is 5.32 Å². The number of benzene rings is 1. The highest BCUT2D eigenvalue weighted by molar-refractivity contribution is 5.30. The molecular formula is C16H27NO2. The number of aliphatic hydroxyl groups excluding tert-OH is 1. The van der Waals surface area contributed by atoms with Gasteiger partial charge in [-0.2, -0.15) is 0 Å². The molecule has 3 nitrogen and oxygen atoms in total. The van der Waals surface area contributed by atoms with Crippen molar-refractivity contribution in [3.63, 3.8) is 0 Å². The summed E-state index contributed by atoms with van der Waals surface area (Å²) >= 11 is 0. The molecule has 1 aromatic rings. The van der Waals surface area contributed by atoms with Gasteiger partial charge in [0.15, 0.2) is 0 Å². The molecular weight excluding hydrogens is 238 g/mol. The Morgan fingerprint density at radius 3 is 2.53 bits per heavy atom. The number of ether oxygens (including phenoxy) is 1. The van der Waals surface area contributed by atoms with Crippen LogP contribution in [-0.2, 0) is 0 Å². The smallest absolute Gasteiger partial charge is 0.119 e. The van der Waals surface area contributed by atoms with Crippen LogP contribution in [0.1, 0.15) is 45.2 Å². The van der Waals surface area contributed by atoms with Gasteiger partial charge in [0, 0.05) is 24.6 Å². The summed E-state index contributed by atoms with van der Waals surface area (Å²) in [4.78, 5) is 0. The van der Waals surface area contributed by atoms with E-state index in [9.17, 15) is 5.11 Å². The summed E-state index contributed by atoms with van der Waals surface area (Å²) in [6, 6.07) is 8.35. The Labute approximate surface area is 117 Å². The zero-order valence-corrected chi connectivity index (χ0v) is 12.6. The fourth-order valence-electron chi connectivity index (χ4n) is 2.18. The van der Waals surface area contributed by atoms with Crippen molar-refractivity contribution in [3.8, 4) is 5.75 Å². The van der Waals surface area contributed by atoms with Gasteiger partial charge >= 0.3 is 0 Å². The fourth-order valence-corrected chi connectivity index (χ4v) is 2.18. The molecule has 0 amide bonds. The number of rotatable bonds is 8. The maximum absolute atomic E-state index is 9.58. The molecule has 0 aliphatic carbocycles. The van der Waals surface area contributed by atoms with Gasteiger partial charge in [0.05, 0.1) is 7.11 Å². The third kappa shape index (κ3) is 4.22. The highest BCUT2D eigenvalue weighted by Crippen LogP contribution is 2.26. The van der Waals surface area contributed by atoms with E-state index in [1.807, 2.05) is 12.1 Å². The van der Waals surface area contributed by atoms with E-state index < -0.39 is 0 Å². The summed E-state index contributed by atoms with van der Waals surface area (Å²) in [5.74, 6) is 0.880. The molecule has 1 aromatic carbocycles. The summed E-state index contributed by atoms with van der Waals surface area (Å²) < 4.78 is 5.25. The zero-order valence-electron chi connectivity index (χ0n) is 12.6. The zero-order chi connectivity index (χ0) is 14.3. The Hall–Kier alpha value is -1.06. The maximum Gasteiger partial charge on any atom is 0.119 e. The summed E-state index contributed by atoms with van der Waals surface area (Å²) in [5, 5.41) is 13.1. The molecule has 0 aromatic heterocycles. The number of aliphatic hydroxyl groups is 1. The van der Waals surface area contributed by atoms with E-state index in [4.69, 9.17) is 4.74 Å². The molecule has 0 saturated carbocycles. The van der Waals surface area contributed by atoms with Gasteiger partial charge in [-0.05, 0) is 37.5 Å². The van der Waals surface area contributed by atoms with Gasteiger partial charge in [0.2, 0.25) is 0 Å². The van der Waals surface area contributed by atoms with Crippen LogP contribution in [0.25, 0.3) is 0 Å². The average Bonchev–Trinajstić information content (AvgIpc) is 2.49. The van der Waals surface area contributed by atoms with Crippen LogP contribution in [0.5, 0.6) is 5.75 Å². The minimum Gasteiger partial charge on any atom is -0.497 e. The van der Waals surface area contributed by atoms with Crippen molar-refractivity contribution in [2.45, 2.75) is 39.7 Å². The van der Waals surface area contributed by atoms with Crippen LogP contribution in [0.3, 0.4) is 0 Å². The quantitative estimate of drug-likeness (QED) is 0.758. The molecule has 1 rings (SSSR count). The molecule has 0 spiro atoms. The monoisotopic (exact) mass is 265 g/mol. The van der Waals surface area contributed by atoms with Crippen molar-refractivity contribution in [2.24, 2.45) is 5.41 Å². The lowest BCUT2D eigenvalue weighted by atomic mass is 9.83. The third-order valence-electron chi connectivity index (χ3n) is 4.21. The van der Waals surface area contributed by atoms with Gasteiger partial charge in [-0.15, -0.1) is 0 Å². The van der Waals surface area contributed by atoms with Gasteiger partial charge in [0.1, 0.15) is 5.75 Å². The Bertz CT molecular complexity index is 367. The first kappa shape index (κ1) is 16.0. The fraction of sp³-hybridized carbons (Fsp3) is 0.625. The molecule has 2 N–H and O–H groups in total. The largest absolute Gasteiger partial charge is 0.497 e. The second kappa shape index (κ2) is 7.51. The summed E-state index contributed by atoms with van der Waals surface area (Å²) in [6.07, 6.45) is 1.97. The first-order valence-electron chi connectivity index (χ1n) is 7.09. The van der Waals surface area contributed by atoms with Crippen LogP contribution >= 0.6 is 0 Å². The van der Waals surface area contributed by atoms with E-state index in [0.29, 0.717) is 0 Å². The molecule has 19 heavy (non-hydrogen) atoms. The predicted molar refractivity (Wildman–Crippen MR) is 79.5 cm³/mol. The van der Waals surface area contributed by atoms with Crippen LogP contribution in [0.2, 0.25) is 0 Å². The van der Waals surface area contributed by atoms with Crippen LogP contribution in [0, 0.1) is 5.41 Å². The lowest BCUT2D eigenvalue weighted by Crippen LogP contribution is -2.37. The second-order valence-corrected chi connectivity index (χ2v) is 5.24. The van der Waals surface area contributed by atoms with Gasteiger partial charge in [-0.3, -0.25) is 0 Å². The summed E-state index contributed by atoms with van der Waals surface area (Å²) in [5.41, 5.74) is 1.20. The van der Waals surface area contributed by atoms with Crippen LogP contribution in [0.15, 0.2) is 24.3 Å². The van der Waals surface area contributed by atoms with Crippen molar-refractivity contribution < 1.29 is 9.84 Å². The normalized spacial score (nSPS) is 13.3. The molecule has 0 radical (unpaired) electrons. The van der Waals surface area contributed by atoms with Crippen molar-refractivity contribution >= 4 is 0 Å². The van der Waals surface area contributed by atoms with E-state index in [0.717, 1.165) is 25.1 Å². The first-order valence-corrected chi connectivity index (χ1v) is 7.09. The Balaban J connectivity index is 2.66. The Morgan fingerprint density at radius 2 is 2.00 bits per heavy atom. The Morgan fingerprint density at radius 1 is 1.32 bits per heavy atom. The van der Waals surface area contributed by atoms with Gasteiger partial charge < -0.3 is 15.2 Å². The molecule has 1 atom stereocenters. The highest BCUT2D eigenvalue weighted by atomic mass is 16.5.